The van der Waals surface area contributed by atoms with E-state index in [1.165, 1.54) is 77.0 Å². The van der Waals surface area contributed by atoms with E-state index in [9.17, 15) is 19.8 Å². The number of carbonyl (C=O) groups is 2. The largest absolute Gasteiger partial charge is 0.462 e. The van der Waals surface area contributed by atoms with Crippen molar-refractivity contribution in [2.45, 2.75) is 225 Å². The average Bonchev–Trinajstić information content (AvgIpc) is 3.22. The summed E-state index contributed by atoms with van der Waals surface area (Å²) in [5.74, 6) is -0.549. The van der Waals surface area contributed by atoms with E-state index >= 15 is 0 Å². The molecular weight excluding hydrogens is 719 g/mol. The molecule has 0 saturated carbocycles. The van der Waals surface area contributed by atoms with Gasteiger partial charge < -0.3 is 20.3 Å². The molecule has 0 aliphatic heterocycles. The van der Waals surface area contributed by atoms with Crippen LogP contribution in [0.1, 0.15) is 207 Å². The summed E-state index contributed by atoms with van der Waals surface area (Å²) in [5, 5.41) is 23.7. The first-order valence-electron chi connectivity index (χ1n) is 23.9. The third kappa shape index (κ3) is 39.8. The molecule has 0 aliphatic carbocycles. The van der Waals surface area contributed by atoms with Crippen LogP contribution < -0.4 is 5.32 Å². The predicted octanol–water partition coefficient (Wildman–Crippen LogP) is 14.0. The zero-order valence-electron chi connectivity index (χ0n) is 37.6. The van der Waals surface area contributed by atoms with Crippen molar-refractivity contribution >= 4 is 11.9 Å². The fraction of sp³-hybridized carbons (Fsp3) is 0.692. The predicted molar refractivity (Wildman–Crippen MR) is 250 cm³/mol. The molecule has 0 bridgehead atoms. The Bertz CT molecular complexity index is 1130. The lowest BCUT2D eigenvalue weighted by atomic mass is 10.0. The molecule has 0 aromatic carbocycles. The van der Waals surface area contributed by atoms with Crippen molar-refractivity contribution in [2.24, 2.45) is 0 Å². The molecule has 3 N–H and O–H groups in total. The van der Waals surface area contributed by atoms with E-state index in [2.05, 4.69) is 56.5 Å². The van der Waals surface area contributed by atoms with Crippen LogP contribution in [0.5, 0.6) is 0 Å². The molecule has 0 aromatic heterocycles. The maximum absolute atomic E-state index is 13.1. The van der Waals surface area contributed by atoms with Gasteiger partial charge in [-0.05, 0) is 70.6 Å². The average molecular weight is 808 g/mol. The minimum atomic E-state index is -0.802. The Morgan fingerprint density at radius 2 is 0.948 bits per heavy atom. The number of ether oxygens (including phenoxy) is 1. The molecule has 332 valence electrons. The molecule has 0 saturated heterocycles. The zero-order valence-corrected chi connectivity index (χ0v) is 37.6. The first-order valence-corrected chi connectivity index (χ1v) is 23.9. The van der Waals surface area contributed by atoms with Crippen LogP contribution in [0.4, 0.5) is 0 Å². The lowest BCUT2D eigenvalue weighted by Crippen LogP contribution is -2.46. The van der Waals surface area contributed by atoms with E-state index in [0.717, 1.165) is 83.5 Å². The van der Waals surface area contributed by atoms with Crippen molar-refractivity contribution in [3.63, 3.8) is 0 Å². The Morgan fingerprint density at radius 3 is 1.50 bits per heavy atom. The summed E-state index contributed by atoms with van der Waals surface area (Å²) in [5.41, 5.74) is 0. The SMILES string of the molecule is CC\C=C/C=C/C=C/C=C\C=C\C=C\CCCCCC(=O)OC(CCCCC/C=C\CCCCC)CC(=O)NC(CO)C(O)CCCCCCCCCCCCCC. The van der Waals surface area contributed by atoms with Gasteiger partial charge in [-0.1, -0.05) is 209 Å². The van der Waals surface area contributed by atoms with Gasteiger partial charge in [0, 0.05) is 6.42 Å². The Balaban J connectivity index is 4.66. The summed E-state index contributed by atoms with van der Waals surface area (Å²) in [6.07, 6.45) is 57.8. The molecule has 0 heterocycles. The van der Waals surface area contributed by atoms with Gasteiger partial charge >= 0.3 is 5.97 Å². The number of amides is 1. The molecule has 3 unspecified atom stereocenters. The Morgan fingerprint density at radius 1 is 0.517 bits per heavy atom. The smallest absolute Gasteiger partial charge is 0.306 e. The second kappa shape index (κ2) is 45.1. The number of esters is 1. The van der Waals surface area contributed by atoms with Crippen LogP contribution in [0.15, 0.2) is 85.1 Å². The second-order valence-electron chi connectivity index (χ2n) is 15.9. The van der Waals surface area contributed by atoms with Crippen LogP contribution in [-0.2, 0) is 14.3 Å². The lowest BCUT2D eigenvalue weighted by Gasteiger charge is -2.24. The van der Waals surface area contributed by atoms with E-state index < -0.39 is 18.2 Å². The highest BCUT2D eigenvalue weighted by Gasteiger charge is 2.24. The molecule has 58 heavy (non-hydrogen) atoms. The molecule has 0 radical (unpaired) electrons. The molecular formula is C52H89NO5. The van der Waals surface area contributed by atoms with Gasteiger partial charge in [0.25, 0.3) is 0 Å². The number of hydrogen-bond donors (Lipinski definition) is 3. The first-order chi connectivity index (χ1) is 28.5. The Kier molecular flexibility index (Phi) is 42.8. The van der Waals surface area contributed by atoms with E-state index in [4.69, 9.17) is 4.74 Å². The number of allylic oxidation sites excluding steroid dienone is 14. The van der Waals surface area contributed by atoms with Crippen molar-refractivity contribution in [3.8, 4) is 0 Å². The van der Waals surface area contributed by atoms with Gasteiger partial charge in [0.15, 0.2) is 0 Å². The number of hydrogen-bond acceptors (Lipinski definition) is 5. The summed E-state index contributed by atoms with van der Waals surface area (Å²) < 4.78 is 5.88. The van der Waals surface area contributed by atoms with E-state index in [0.29, 0.717) is 19.3 Å². The van der Waals surface area contributed by atoms with Gasteiger partial charge in [0.2, 0.25) is 5.91 Å². The number of unbranched alkanes of at least 4 members (excludes halogenated alkanes) is 20. The summed E-state index contributed by atoms with van der Waals surface area (Å²) >= 11 is 0. The van der Waals surface area contributed by atoms with Gasteiger partial charge in [-0.15, -0.1) is 0 Å². The molecule has 0 spiro atoms. The van der Waals surface area contributed by atoms with Crippen LogP contribution >= 0.6 is 0 Å². The maximum Gasteiger partial charge on any atom is 0.306 e. The van der Waals surface area contributed by atoms with Crippen LogP contribution in [0.3, 0.4) is 0 Å². The number of carbonyl (C=O) groups excluding carboxylic acids is 2. The monoisotopic (exact) mass is 808 g/mol. The van der Waals surface area contributed by atoms with Crippen LogP contribution in [0.25, 0.3) is 0 Å². The Labute approximate surface area is 357 Å². The van der Waals surface area contributed by atoms with Gasteiger partial charge in [-0.25, -0.2) is 0 Å². The van der Waals surface area contributed by atoms with Crippen LogP contribution in [0.2, 0.25) is 0 Å². The minimum Gasteiger partial charge on any atom is -0.462 e. The normalized spacial score (nSPS) is 14.1. The number of rotatable bonds is 41. The zero-order chi connectivity index (χ0) is 42.4. The van der Waals surface area contributed by atoms with Crippen molar-refractivity contribution in [3.05, 3.63) is 85.1 Å². The number of nitrogens with one attached hydrogen (secondary N) is 1. The highest BCUT2D eigenvalue weighted by Crippen LogP contribution is 2.17. The Hall–Kier alpha value is -2.96. The number of aliphatic hydroxyl groups excluding tert-OH is 2. The van der Waals surface area contributed by atoms with E-state index in [1.54, 1.807) is 0 Å². The van der Waals surface area contributed by atoms with Crippen LogP contribution in [0, 0.1) is 0 Å². The maximum atomic E-state index is 13.1. The van der Waals surface area contributed by atoms with E-state index in [1.807, 2.05) is 54.7 Å². The molecule has 0 rings (SSSR count). The number of aliphatic hydroxyl groups is 2. The summed E-state index contributed by atoms with van der Waals surface area (Å²) in [6, 6.07) is -0.718. The topological polar surface area (TPSA) is 95.9 Å². The fourth-order valence-corrected chi connectivity index (χ4v) is 6.75. The van der Waals surface area contributed by atoms with Crippen molar-refractivity contribution in [1.29, 1.82) is 0 Å². The van der Waals surface area contributed by atoms with Gasteiger partial charge in [0.1, 0.15) is 6.10 Å². The summed E-state index contributed by atoms with van der Waals surface area (Å²) in [7, 11) is 0. The van der Waals surface area contributed by atoms with E-state index in [-0.39, 0.29) is 24.9 Å². The third-order valence-electron chi connectivity index (χ3n) is 10.4. The second-order valence-corrected chi connectivity index (χ2v) is 15.9. The van der Waals surface area contributed by atoms with Gasteiger partial charge in [0.05, 0.1) is 25.2 Å². The quantitative estimate of drug-likeness (QED) is 0.0247. The van der Waals surface area contributed by atoms with Crippen molar-refractivity contribution in [2.75, 3.05) is 6.61 Å². The lowest BCUT2D eigenvalue weighted by molar-refractivity contribution is -0.151. The standard InChI is InChI=1S/C52H89NO5/c1-4-7-10-13-16-19-22-24-25-26-27-28-30-33-36-39-42-45-52(57)58-48(43-40-37-34-31-21-18-15-12-9-6-3)46-51(56)53-49(47-54)50(55)44-41-38-35-32-29-23-20-17-14-11-8-5-2/h7,10,13,16,18-19,21-22,24-28,30,48-50,54-55H,4-6,8-9,11-12,14-15,17,20,23,29,31-47H2,1-3H3,(H,53,56)/b10-7-,16-13+,21-18-,22-19+,25-24-,27-26+,30-28+. The fourth-order valence-electron chi connectivity index (χ4n) is 6.75. The van der Waals surface area contributed by atoms with Gasteiger partial charge in [-0.2, -0.15) is 0 Å². The molecule has 6 heteroatoms. The molecule has 3 atom stereocenters. The minimum absolute atomic E-state index is 0.0440. The highest BCUT2D eigenvalue weighted by molar-refractivity contribution is 5.77. The van der Waals surface area contributed by atoms with Crippen LogP contribution in [-0.4, -0.2) is 46.9 Å². The van der Waals surface area contributed by atoms with Crippen molar-refractivity contribution in [1.82, 2.24) is 5.32 Å². The molecule has 6 nitrogen and oxygen atoms in total. The van der Waals surface area contributed by atoms with Gasteiger partial charge in [-0.3, -0.25) is 9.59 Å². The molecule has 0 fully saturated rings. The molecule has 1 amide bonds. The molecule has 0 aliphatic rings. The molecule has 0 aromatic rings. The highest BCUT2D eigenvalue weighted by atomic mass is 16.5. The first kappa shape index (κ1) is 55.0. The summed E-state index contributed by atoms with van der Waals surface area (Å²) in [4.78, 5) is 26.0. The summed E-state index contributed by atoms with van der Waals surface area (Å²) in [6.45, 7) is 6.27. The van der Waals surface area contributed by atoms with Crippen molar-refractivity contribution < 1.29 is 24.5 Å². The third-order valence-corrected chi connectivity index (χ3v) is 10.4.